The molecule has 0 saturated carbocycles. The molecule has 2 heterocycles. The Labute approximate surface area is 159 Å². The summed E-state index contributed by atoms with van der Waals surface area (Å²) in [7, 11) is 0. The van der Waals surface area contributed by atoms with Crippen LogP contribution in [0.1, 0.15) is 17.2 Å². The number of morpholine rings is 1. The maximum Gasteiger partial charge on any atom is 0.224 e. The summed E-state index contributed by atoms with van der Waals surface area (Å²) in [6.45, 7) is 3.77. The van der Waals surface area contributed by atoms with E-state index in [1.165, 1.54) is 4.90 Å². The quantitative estimate of drug-likeness (QED) is 0.758. The standard InChI is InChI=1S/C20H25N3O2S/c1-26-18-6-4-16(5-7-18)13-20(24)22-15-19(17-3-2-8-21-14-17)23-9-11-25-12-10-23/h2-8,14,19H,9-13,15H2,1H3,(H,22,24). The summed E-state index contributed by atoms with van der Waals surface area (Å²) in [6, 6.07) is 12.3. The van der Waals surface area contributed by atoms with E-state index < -0.39 is 0 Å². The minimum absolute atomic E-state index is 0.0454. The van der Waals surface area contributed by atoms with Gasteiger partial charge in [-0.1, -0.05) is 18.2 Å². The Hall–Kier alpha value is -1.89. The highest BCUT2D eigenvalue weighted by atomic mass is 32.2. The number of nitrogens with one attached hydrogen (secondary N) is 1. The van der Waals surface area contributed by atoms with Gasteiger partial charge in [0, 0.05) is 36.9 Å². The number of hydrogen-bond acceptors (Lipinski definition) is 5. The topological polar surface area (TPSA) is 54.5 Å². The maximum absolute atomic E-state index is 12.4. The van der Waals surface area contributed by atoms with E-state index in [-0.39, 0.29) is 11.9 Å². The Bertz CT molecular complexity index is 688. The Balaban J connectivity index is 1.60. The monoisotopic (exact) mass is 371 g/mol. The Kier molecular flexibility index (Phi) is 7.05. The van der Waals surface area contributed by atoms with Crippen LogP contribution in [0.15, 0.2) is 53.7 Å². The summed E-state index contributed by atoms with van der Waals surface area (Å²) in [6.07, 6.45) is 6.10. The number of carbonyl (C=O) groups is 1. The van der Waals surface area contributed by atoms with Crippen molar-refractivity contribution in [1.82, 2.24) is 15.2 Å². The van der Waals surface area contributed by atoms with Gasteiger partial charge in [0.2, 0.25) is 5.91 Å². The summed E-state index contributed by atoms with van der Waals surface area (Å²) in [5.41, 5.74) is 2.16. The summed E-state index contributed by atoms with van der Waals surface area (Å²) in [5.74, 6) is 0.0454. The van der Waals surface area contributed by atoms with Gasteiger partial charge >= 0.3 is 0 Å². The number of nitrogens with zero attached hydrogens (tertiary/aromatic N) is 2. The van der Waals surface area contributed by atoms with Crippen molar-refractivity contribution < 1.29 is 9.53 Å². The number of pyridine rings is 1. The van der Waals surface area contributed by atoms with Crippen LogP contribution in [-0.4, -0.2) is 54.9 Å². The molecule has 1 N–H and O–H groups in total. The van der Waals surface area contributed by atoms with Crippen LogP contribution < -0.4 is 5.32 Å². The van der Waals surface area contributed by atoms with Crippen LogP contribution in [-0.2, 0) is 16.0 Å². The van der Waals surface area contributed by atoms with Crippen LogP contribution >= 0.6 is 11.8 Å². The van der Waals surface area contributed by atoms with Crippen molar-refractivity contribution in [2.75, 3.05) is 39.1 Å². The average Bonchev–Trinajstić information content (AvgIpc) is 2.70. The lowest BCUT2D eigenvalue weighted by Crippen LogP contribution is -2.44. The number of rotatable bonds is 7. The van der Waals surface area contributed by atoms with Gasteiger partial charge in [-0.3, -0.25) is 14.7 Å². The van der Waals surface area contributed by atoms with Crippen molar-refractivity contribution in [1.29, 1.82) is 0 Å². The van der Waals surface area contributed by atoms with Gasteiger partial charge in [-0.25, -0.2) is 0 Å². The highest BCUT2D eigenvalue weighted by Gasteiger charge is 2.23. The first-order valence-electron chi connectivity index (χ1n) is 8.87. The van der Waals surface area contributed by atoms with Gasteiger partial charge in [-0.05, 0) is 35.6 Å². The Morgan fingerprint density at radius 1 is 1.27 bits per heavy atom. The molecule has 26 heavy (non-hydrogen) atoms. The highest BCUT2D eigenvalue weighted by Crippen LogP contribution is 2.20. The third-order valence-electron chi connectivity index (χ3n) is 4.57. The fraction of sp³-hybridized carbons (Fsp3) is 0.400. The van der Waals surface area contributed by atoms with Crippen LogP contribution in [0.2, 0.25) is 0 Å². The molecule has 1 aromatic heterocycles. The van der Waals surface area contributed by atoms with Crippen molar-refractivity contribution in [3.05, 3.63) is 59.9 Å². The van der Waals surface area contributed by atoms with Crippen LogP contribution in [0.4, 0.5) is 0 Å². The number of hydrogen-bond donors (Lipinski definition) is 1. The largest absolute Gasteiger partial charge is 0.379 e. The van der Waals surface area contributed by atoms with Gasteiger partial charge < -0.3 is 10.1 Å². The van der Waals surface area contributed by atoms with E-state index in [0.717, 1.165) is 37.4 Å². The lowest BCUT2D eigenvalue weighted by molar-refractivity contribution is -0.120. The number of amides is 1. The molecule has 1 atom stereocenters. The molecule has 1 aliphatic heterocycles. The lowest BCUT2D eigenvalue weighted by Gasteiger charge is -2.34. The number of aromatic nitrogens is 1. The van der Waals surface area contributed by atoms with Crippen molar-refractivity contribution in [3.8, 4) is 0 Å². The molecule has 1 aliphatic rings. The van der Waals surface area contributed by atoms with E-state index >= 15 is 0 Å². The van der Waals surface area contributed by atoms with Crippen molar-refractivity contribution in [3.63, 3.8) is 0 Å². The minimum Gasteiger partial charge on any atom is -0.379 e. The second-order valence-corrected chi connectivity index (χ2v) is 7.16. The Morgan fingerprint density at radius 2 is 2.04 bits per heavy atom. The fourth-order valence-electron chi connectivity index (χ4n) is 3.12. The molecule has 0 spiro atoms. The molecule has 6 heteroatoms. The van der Waals surface area contributed by atoms with E-state index in [9.17, 15) is 4.79 Å². The molecule has 138 valence electrons. The highest BCUT2D eigenvalue weighted by molar-refractivity contribution is 7.98. The van der Waals surface area contributed by atoms with Crippen LogP contribution in [0, 0.1) is 0 Å². The third kappa shape index (κ3) is 5.30. The number of thioether (sulfide) groups is 1. The van der Waals surface area contributed by atoms with E-state index in [1.807, 2.05) is 30.7 Å². The molecular formula is C20H25N3O2S. The maximum atomic E-state index is 12.4. The zero-order valence-corrected chi connectivity index (χ0v) is 15.9. The molecule has 0 radical (unpaired) electrons. The smallest absolute Gasteiger partial charge is 0.224 e. The molecule has 2 aromatic rings. The van der Waals surface area contributed by atoms with E-state index in [0.29, 0.717) is 13.0 Å². The number of ether oxygens (including phenoxy) is 1. The van der Waals surface area contributed by atoms with Gasteiger partial charge in [0.1, 0.15) is 0 Å². The molecule has 5 nitrogen and oxygen atoms in total. The molecule has 0 bridgehead atoms. The number of carbonyl (C=O) groups excluding carboxylic acids is 1. The van der Waals surface area contributed by atoms with Crippen molar-refractivity contribution >= 4 is 17.7 Å². The lowest BCUT2D eigenvalue weighted by atomic mass is 10.1. The molecule has 3 rings (SSSR count). The van der Waals surface area contributed by atoms with Crippen LogP contribution in [0.5, 0.6) is 0 Å². The van der Waals surface area contributed by atoms with Crippen molar-refractivity contribution in [2.45, 2.75) is 17.4 Å². The predicted molar refractivity (Wildman–Crippen MR) is 104 cm³/mol. The minimum atomic E-state index is 0.0454. The zero-order chi connectivity index (χ0) is 18.2. The fourth-order valence-corrected chi connectivity index (χ4v) is 3.53. The summed E-state index contributed by atoms with van der Waals surface area (Å²) < 4.78 is 5.46. The summed E-state index contributed by atoms with van der Waals surface area (Å²) in [5, 5.41) is 3.10. The normalized spacial score (nSPS) is 16.2. The van der Waals surface area contributed by atoms with Crippen molar-refractivity contribution in [2.24, 2.45) is 0 Å². The Morgan fingerprint density at radius 3 is 2.69 bits per heavy atom. The molecule has 1 aromatic carbocycles. The molecular weight excluding hydrogens is 346 g/mol. The first-order valence-corrected chi connectivity index (χ1v) is 10.1. The first-order chi connectivity index (χ1) is 12.8. The summed E-state index contributed by atoms with van der Waals surface area (Å²) >= 11 is 1.70. The molecule has 1 unspecified atom stereocenters. The van der Waals surface area contributed by atoms with Crippen LogP contribution in [0.3, 0.4) is 0 Å². The number of benzene rings is 1. The van der Waals surface area contributed by atoms with E-state index in [2.05, 4.69) is 33.4 Å². The molecule has 0 aliphatic carbocycles. The third-order valence-corrected chi connectivity index (χ3v) is 5.32. The van der Waals surface area contributed by atoms with Gasteiger partial charge in [-0.15, -0.1) is 11.8 Å². The van der Waals surface area contributed by atoms with E-state index in [1.54, 1.807) is 18.0 Å². The summed E-state index contributed by atoms with van der Waals surface area (Å²) in [4.78, 5) is 20.2. The zero-order valence-electron chi connectivity index (χ0n) is 15.1. The van der Waals surface area contributed by atoms with E-state index in [4.69, 9.17) is 4.74 Å². The van der Waals surface area contributed by atoms with Gasteiger partial charge in [-0.2, -0.15) is 0 Å². The average molecular weight is 372 g/mol. The first kappa shape index (κ1) is 18.9. The molecule has 1 saturated heterocycles. The second kappa shape index (κ2) is 9.71. The molecule has 1 fully saturated rings. The van der Waals surface area contributed by atoms with Gasteiger partial charge in [0.15, 0.2) is 0 Å². The molecule has 1 amide bonds. The van der Waals surface area contributed by atoms with Gasteiger partial charge in [0.05, 0.1) is 25.7 Å². The second-order valence-electron chi connectivity index (χ2n) is 6.28. The SMILES string of the molecule is CSc1ccc(CC(=O)NCC(c2cccnc2)N2CCOCC2)cc1. The van der Waals surface area contributed by atoms with Gasteiger partial charge in [0.25, 0.3) is 0 Å². The predicted octanol–water partition coefficient (Wildman–Crippen LogP) is 2.54. The van der Waals surface area contributed by atoms with Crippen LogP contribution in [0.25, 0.3) is 0 Å².